The van der Waals surface area contributed by atoms with Crippen molar-refractivity contribution in [3.63, 3.8) is 0 Å². The Balaban J connectivity index is 2.44. The van der Waals surface area contributed by atoms with Crippen LogP contribution >= 0.6 is 0 Å². The molecule has 2 rings (SSSR count). The molecule has 2 N–H and O–H groups in total. The predicted octanol–water partition coefficient (Wildman–Crippen LogP) is 3.01. The molecule has 0 aromatic heterocycles. The van der Waals surface area contributed by atoms with E-state index in [1.54, 1.807) is 0 Å². The summed E-state index contributed by atoms with van der Waals surface area (Å²) in [6.45, 7) is 2.20. The fourth-order valence-corrected chi connectivity index (χ4v) is 1.76. The quantitative estimate of drug-likeness (QED) is 0.634. The highest BCUT2D eigenvalue weighted by Gasteiger charge is 2.11. The minimum Gasteiger partial charge on any atom is -0.399 e. The molecular formula is C14H15N. The summed E-state index contributed by atoms with van der Waals surface area (Å²) in [6, 6.07) is 0. The van der Waals surface area contributed by atoms with Crippen molar-refractivity contribution in [1.29, 1.82) is 0 Å². The van der Waals surface area contributed by atoms with E-state index in [9.17, 15) is 0 Å². The first kappa shape index (κ1) is 9.78. The van der Waals surface area contributed by atoms with Gasteiger partial charge in [-0.1, -0.05) is 49.5 Å². The summed E-state index contributed by atoms with van der Waals surface area (Å²) in [7, 11) is 0. The minimum atomic E-state index is 0.471. The van der Waals surface area contributed by atoms with E-state index < -0.39 is 0 Å². The van der Waals surface area contributed by atoms with E-state index in [1.807, 2.05) is 24.3 Å². The third kappa shape index (κ3) is 2.18. The monoisotopic (exact) mass is 197 g/mol. The molecule has 0 aromatic rings. The first-order valence-electron chi connectivity index (χ1n) is 5.18. The van der Waals surface area contributed by atoms with Crippen molar-refractivity contribution in [2.24, 2.45) is 11.7 Å². The average molecular weight is 197 g/mol. The molecule has 0 saturated heterocycles. The molecule has 0 heterocycles. The van der Waals surface area contributed by atoms with Crippen LogP contribution in [-0.4, -0.2) is 0 Å². The summed E-state index contributed by atoms with van der Waals surface area (Å²) in [5.74, 6) is 0.471. The van der Waals surface area contributed by atoms with Gasteiger partial charge >= 0.3 is 0 Å². The second-order valence-electron chi connectivity index (χ2n) is 3.80. The maximum absolute atomic E-state index is 5.78. The SMILES string of the molecule is CC1C=CC=C2\C=C/C(N)=C\C=C/C=C\21. The van der Waals surface area contributed by atoms with Gasteiger partial charge in [-0.15, -0.1) is 0 Å². The standard InChI is InChI=1S/C14H15N/c1-11-5-4-6-12-9-10-13(15)7-2-3-8-14(11)12/h2-11H,15H2,1H3/b3-2-,10-9-,13-7+,14-8-. The van der Waals surface area contributed by atoms with Crippen molar-refractivity contribution in [2.45, 2.75) is 6.92 Å². The smallest absolute Gasteiger partial charge is 0.0314 e. The predicted molar refractivity (Wildman–Crippen MR) is 65.0 cm³/mol. The van der Waals surface area contributed by atoms with E-state index >= 15 is 0 Å². The zero-order valence-corrected chi connectivity index (χ0v) is 8.85. The molecule has 1 atom stereocenters. The zero-order valence-electron chi connectivity index (χ0n) is 8.85. The van der Waals surface area contributed by atoms with E-state index in [0.717, 1.165) is 5.70 Å². The molecule has 0 saturated carbocycles. The lowest BCUT2D eigenvalue weighted by Gasteiger charge is -2.16. The van der Waals surface area contributed by atoms with Crippen LogP contribution in [0.5, 0.6) is 0 Å². The molecule has 2 aliphatic carbocycles. The second-order valence-corrected chi connectivity index (χ2v) is 3.80. The van der Waals surface area contributed by atoms with Crippen LogP contribution in [0.3, 0.4) is 0 Å². The topological polar surface area (TPSA) is 26.0 Å². The molecule has 1 heteroatoms. The van der Waals surface area contributed by atoms with Gasteiger partial charge < -0.3 is 5.73 Å². The van der Waals surface area contributed by atoms with E-state index in [-0.39, 0.29) is 0 Å². The molecule has 0 spiro atoms. The number of hydrogen-bond donors (Lipinski definition) is 1. The Morgan fingerprint density at radius 1 is 1.00 bits per heavy atom. The van der Waals surface area contributed by atoms with E-state index in [4.69, 9.17) is 5.73 Å². The normalized spacial score (nSPS) is 35.5. The summed E-state index contributed by atoms with van der Waals surface area (Å²) in [5.41, 5.74) is 9.15. The van der Waals surface area contributed by atoms with Crippen LogP contribution in [0.25, 0.3) is 0 Å². The van der Waals surface area contributed by atoms with Crippen molar-refractivity contribution in [2.75, 3.05) is 0 Å². The Bertz CT molecular complexity index is 428. The minimum absolute atomic E-state index is 0.471. The molecular weight excluding hydrogens is 182 g/mol. The van der Waals surface area contributed by atoms with Crippen molar-refractivity contribution in [1.82, 2.24) is 0 Å². The number of fused-ring (bicyclic) bond motifs is 1. The summed E-state index contributed by atoms with van der Waals surface area (Å²) < 4.78 is 0. The largest absolute Gasteiger partial charge is 0.399 e. The van der Waals surface area contributed by atoms with Gasteiger partial charge in [0.25, 0.3) is 0 Å². The van der Waals surface area contributed by atoms with Crippen molar-refractivity contribution in [3.05, 3.63) is 71.5 Å². The molecule has 0 radical (unpaired) electrons. The van der Waals surface area contributed by atoms with Gasteiger partial charge in [-0.2, -0.15) is 0 Å². The number of allylic oxidation sites excluding steroid dienone is 11. The summed E-state index contributed by atoms with van der Waals surface area (Å²) in [6.07, 6.45) is 18.5. The molecule has 1 unspecified atom stereocenters. The first-order chi connectivity index (χ1) is 7.27. The molecule has 0 aromatic carbocycles. The molecule has 1 nitrogen and oxygen atoms in total. The van der Waals surface area contributed by atoms with Gasteiger partial charge in [0.15, 0.2) is 0 Å². The molecule has 0 aliphatic heterocycles. The Hall–Kier alpha value is -1.76. The maximum Gasteiger partial charge on any atom is 0.0314 e. The van der Waals surface area contributed by atoms with Gasteiger partial charge in [0.2, 0.25) is 0 Å². The van der Waals surface area contributed by atoms with E-state index in [1.165, 1.54) is 11.1 Å². The van der Waals surface area contributed by atoms with Crippen LogP contribution in [0.15, 0.2) is 71.5 Å². The lowest BCUT2D eigenvalue weighted by Crippen LogP contribution is -2.01. The highest BCUT2D eigenvalue weighted by Crippen LogP contribution is 2.26. The zero-order chi connectivity index (χ0) is 10.7. The second kappa shape index (κ2) is 4.18. The van der Waals surface area contributed by atoms with Crippen LogP contribution in [0, 0.1) is 5.92 Å². The van der Waals surface area contributed by atoms with Gasteiger partial charge in [-0.05, 0) is 29.2 Å². The van der Waals surface area contributed by atoms with Crippen LogP contribution in [0.1, 0.15) is 6.92 Å². The van der Waals surface area contributed by atoms with Gasteiger partial charge in [0, 0.05) is 5.70 Å². The molecule has 0 amide bonds. The van der Waals surface area contributed by atoms with Gasteiger partial charge in [0.1, 0.15) is 0 Å². The van der Waals surface area contributed by atoms with Gasteiger partial charge in [-0.3, -0.25) is 0 Å². The van der Waals surface area contributed by atoms with Crippen molar-refractivity contribution in [3.8, 4) is 0 Å². The Kier molecular flexibility index (Phi) is 2.72. The van der Waals surface area contributed by atoms with Crippen molar-refractivity contribution < 1.29 is 0 Å². The van der Waals surface area contributed by atoms with E-state index in [2.05, 4.69) is 37.3 Å². The lowest BCUT2D eigenvalue weighted by molar-refractivity contribution is 0.870. The fourth-order valence-electron chi connectivity index (χ4n) is 1.76. The Morgan fingerprint density at radius 3 is 2.67 bits per heavy atom. The van der Waals surface area contributed by atoms with E-state index in [0.29, 0.717) is 5.92 Å². The molecule has 0 fully saturated rings. The van der Waals surface area contributed by atoms with Gasteiger partial charge in [-0.25, -0.2) is 0 Å². The molecule has 15 heavy (non-hydrogen) atoms. The number of hydrogen-bond acceptors (Lipinski definition) is 1. The lowest BCUT2D eigenvalue weighted by atomic mass is 9.89. The number of rotatable bonds is 0. The third-order valence-electron chi connectivity index (χ3n) is 2.63. The summed E-state index contributed by atoms with van der Waals surface area (Å²) >= 11 is 0. The molecule has 76 valence electrons. The van der Waals surface area contributed by atoms with Gasteiger partial charge in [0.05, 0.1) is 0 Å². The molecule has 2 aliphatic rings. The summed E-state index contributed by atoms with van der Waals surface area (Å²) in [5, 5.41) is 0. The van der Waals surface area contributed by atoms with Crippen LogP contribution in [-0.2, 0) is 0 Å². The first-order valence-corrected chi connectivity index (χ1v) is 5.18. The maximum atomic E-state index is 5.78. The van der Waals surface area contributed by atoms with Crippen LogP contribution in [0.2, 0.25) is 0 Å². The van der Waals surface area contributed by atoms with Crippen molar-refractivity contribution >= 4 is 0 Å². The average Bonchev–Trinajstić information content (AvgIpc) is 2.31. The number of nitrogens with two attached hydrogens (primary N) is 1. The highest BCUT2D eigenvalue weighted by molar-refractivity contribution is 5.51. The molecule has 0 bridgehead atoms. The third-order valence-corrected chi connectivity index (χ3v) is 2.63. The Morgan fingerprint density at radius 2 is 1.80 bits per heavy atom. The highest BCUT2D eigenvalue weighted by atomic mass is 14.5. The Labute approximate surface area is 90.7 Å². The summed E-state index contributed by atoms with van der Waals surface area (Å²) in [4.78, 5) is 0. The fraction of sp³-hybridized carbons (Fsp3) is 0.143. The van der Waals surface area contributed by atoms with Crippen LogP contribution < -0.4 is 5.73 Å². The van der Waals surface area contributed by atoms with Crippen LogP contribution in [0.4, 0.5) is 0 Å².